The fraction of sp³-hybridized carbons (Fsp3) is 0.533. The van der Waals surface area contributed by atoms with Gasteiger partial charge in [-0.25, -0.2) is 0 Å². The minimum Gasteiger partial charge on any atom is -0.493 e. The molecular weight excluding hydrogens is 338 g/mol. The van der Waals surface area contributed by atoms with Gasteiger partial charge in [0.1, 0.15) is 5.56 Å². The number of nitrogens with zero attached hydrogens (tertiary/aromatic N) is 1. The van der Waals surface area contributed by atoms with Crippen LogP contribution in [0.2, 0.25) is 0 Å². The van der Waals surface area contributed by atoms with Gasteiger partial charge in [-0.15, -0.1) is 12.4 Å². The van der Waals surface area contributed by atoms with Gasteiger partial charge in [-0.1, -0.05) is 0 Å². The number of amides is 1. The third-order valence-corrected chi connectivity index (χ3v) is 3.78. The summed E-state index contributed by atoms with van der Waals surface area (Å²) in [5.74, 6) is 0.337. The summed E-state index contributed by atoms with van der Waals surface area (Å²) in [6, 6.07) is 2.38. The molecule has 134 valence electrons. The molecule has 1 unspecified atom stereocenters. The van der Waals surface area contributed by atoms with E-state index in [1.54, 1.807) is 6.92 Å². The summed E-state index contributed by atoms with van der Waals surface area (Å²) in [6.45, 7) is 2.43. The Kier molecular flexibility index (Phi) is 7.24. The molecule has 0 bridgehead atoms. The van der Waals surface area contributed by atoms with Gasteiger partial charge >= 0.3 is 0 Å². The van der Waals surface area contributed by atoms with Gasteiger partial charge in [-0.05, 0) is 25.7 Å². The Bertz CT molecular complexity index is 607. The maximum Gasteiger partial charge on any atom is 0.286 e. The van der Waals surface area contributed by atoms with E-state index >= 15 is 0 Å². The molecular formula is C15H22ClN3O5. The van der Waals surface area contributed by atoms with Crippen LogP contribution < -0.4 is 20.5 Å². The van der Waals surface area contributed by atoms with Gasteiger partial charge in [0.25, 0.3) is 11.6 Å². The highest BCUT2D eigenvalue weighted by Gasteiger charge is 2.33. The van der Waals surface area contributed by atoms with Crippen LogP contribution in [0.4, 0.5) is 5.69 Å². The predicted molar refractivity (Wildman–Crippen MR) is 91.1 cm³/mol. The zero-order valence-electron chi connectivity index (χ0n) is 13.6. The van der Waals surface area contributed by atoms with Gasteiger partial charge < -0.3 is 20.5 Å². The number of hydrogen-bond acceptors (Lipinski definition) is 6. The molecule has 1 fully saturated rings. The minimum absolute atomic E-state index is 0. The smallest absolute Gasteiger partial charge is 0.286 e. The monoisotopic (exact) mass is 359 g/mol. The zero-order valence-corrected chi connectivity index (χ0v) is 14.4. The Balaban J connectivity index is 0.00000288. The standard InChI is InChI=1S/C15H21N3O5.ClH/c1-3-23-14-6-10(12(18(20)21)7-13(14)22-2)15(19)17-11(8-16)9-4-5-9;/h6-7,9,11H,3-5,8,16H2,1-2H3,(H,17,19);1H. The fourth-order valence-electron chi connectivity index (χ4n) is 2.42. The number of benzene rings is 1. The van der Waals surface area contributed by atoms with Crippen LogP contribution in [0.15, 0.2) is 12.1 Å². The highest BCUT2D eigenvalue weighted by Crippen LogP contribution is 2.36. The van der Waals surface area contributed by atoms with E-state index in [0.717, 1.165) is 12.8 Å². The SMILES string of the molecule is CCOc1cc(C(=O)NC(CN)C2CC2)c([N+](=O)[O-])cc1OC.Cl. The second-order valence-electron chi connectivity index (χ2n) is 5.36. The lowest BCUT2D eigenvalue weighted by molar-refractivity contribution is -0.385. The molecule has 1 aromatic rings. The first kappa shape index (κ1) is 20.0. The molecule has 1 amide bonds. The Morgan fingerprint density at radius 1 is 1.46 bits per heavy atom. The van der Waals surface area contributed by atoms with Crippen LogP contribution in [0, 0.1) is 16.0 Å². The summed E-state index contributed by atoms with van der Waals surface area (Å²) in [5.41, 5.74) is 5.29. The normalized spacial score (nSPS) is 14.3. The van der Waals surface area contributed by atoms with Crippen LogP contribution >= 0.6 is 12.4 Å². The number of ether oxygens (including phenoxy) is 2. The molecule has 0 spiro atoms. The van der Waals surface area contributed by atoms with Crippen molar-refractivity contribution in [2.75, 3.05) is 20.3 Å². The van der Waals surface area contributed by atoms with Gasteiger partial charge in [0.2, 0.25) is 0 Å². The van der Waals surface area contributed by atoms with E-state index in [-0.39, 0.29) is 35.4 Å². The molecule has 1 aliphatic carbocycles. The number of hydrogen-bond donors (Lipinski definition) is 2. The van der Waals surface area contributed by atoms with E-state index in [9.17, 15) is 14.9 Å². The largest absolute Gasteiger partial charge is 0.493 e. The van der Waals surface area contributed by atoms with Crippen LogP contribution in [-0.2, 0) is 0 Å². The number of nitro benzene ring substituents is 1. The van der Waals surface area contributed by atoms with E-state index in [1.807, 2.05) is 0 Å². The number of nitrogens with one attached hydrogen (secondary N) is 1. The average molecular weight is 360 g/mol. The molecule has 1 atom stereocenters. The third-order valence-electron chi connectivity index (χ3n) is 3.78. The number of methoxy groups -OCH3 is 1. The lowest BCUT2D eigenvalue weighted by Crippen LogP contribution is -2.41. The quantitative estimate of drug-likeness (QED) is 0.540. The Morgan fingerprint density at radius 3 is 2.58 bits per heavy atom. The number of nitrogens with two attached hydrogens (primary N) is 1. The summed E-state index contributed by atoms with van der Waals surface area (Å²) in [4.78, 5) is 23.1. The Labute approximate surface area is 146 Å². The van der Waals surface area contributed by atoms with E-state index in [4.69, 9.17) is 15.2 Å². The zero-order chi connectivity index (χ0) is 17.0. The van der Waals surface area contributed by atoms with Crippen molar-refractivity contribution < 1.29 is 19.2 Å². The second kappa shape index (κ2) is 8.70. The summed E-state index contributed by atoms with van der Waals surface area (Å²) >= 11 is 0. The van der Waals surface area contributed by atoms with Gasteiger partial charge in [-0.3, -0.25) is 14.9 Å². The topological polar surface area (TPSA) is 117 Å². The highest BCUT2D eigenvalue weighted by molar-refractivity contribution is 5.99. The van der Waals surface area contributed by atoms with E-state index < -0.39 is 10.8 Å². The second-order valence-corrected chi connectivity index (χ2v) is 5.36. The number of nitro groups is 1. The van der Waals surface area contributed by atoms with Gasteiger partial charge in [0.15, 0.2) is 11.5 Å². The first-order valence-corrected chi connectivity index (χ1v) is 7.51. The van der Waals surface area contributed by atoms with Crippen molar-refractivity contribution in [3.63, 3.8) is 0 Å². The van der Waals surface area contributed by atoms with Gasteiger partial charge in [0.05, 0.1) is 24.7 Å². The van der Waals surface area contributed by atoms with Crippen molar-refractivity contribution in [2.24, 2.45) is 11.7 Å². The molecule has 2 rings (SSSR count). The van der Waals surface area contributed by atoms with Crippen molar-refractivity contribution in [1.82, 2.24) is 5.32 Å². The average Bonchev–Trinajstić information content (AvgIpc) is 3.36. The van der Waals surface area contributed by atoms with E-state index in [2.05, 4.69) is 5.32 Å². The predicted octanol–water partition coefficient (Wildman–Crippen LogP) is 1.89. The summed E-state index contributed by atoms with van der Waals surface area (Å²) in [6.07, 6.45) is 2.02. The van der Waals surface area contributed by atoms with Crippen LogP contribution in [0.5, 0.6) is 11.5 Å². The molecule has 9 heteroatoms. The van der Waals surface area contributed by atoms with Crippen molar-refractivity contribution in [2.45, 2.75) is 25.8 Å². The van der Waals surface area contributed by atoms with Crippen LogP contribution in [0.1, 0.15) is 30.1 Å². The number of rotatable bonds is 8. The molecule has 0 aliphatic heterocycles. The van der Waals surface area contributed by atoms with E-state index in [0.29, 0.717) is 24.8 Å². The number of carbonyl (C=O) groups excluding carboxylic acids is 1. The molecule has 3 N–H and O–H groups in total. The highest BCUT2D eigenvalue weighted by atomic mass is 35.5. The maximum atomic E-state index is 12.5. The fourth-order valence-corrected chi connectivity index (χ4v) is 2.42. The lowest BCUT2D eigenvalue weighted by Gasteiger charge is -2.17. The summed E-state index contributed by atoms with van der Waals surface area (Å²) < 4.78 is 10.5. The Hall–Kier alpha value is -2.06. The molecule has 8 nitrogen and oxygen atoms in total. The molecule has 1 aromatic carbocycles. The van der Waals surface area contributed by atoms with Crippen LogP contribution in [0.3, 0.4) is 0 Å². The maximum absolute atomic E-state index is 12.5. The first-order valence-electron chi connectivity index (χ1n) is 7.51. The molecule has 0 heterocycles. The van der Waals surface area contributed by atoms with E-state index in [1.165, 1.54) is 19.2 Å². The van der Waals surface area contributed by atoms with Gasteiger partial charge in [-0.2, -0.15) is 0 Å². The van der Waals surface area contributed by atoms with Crippen molar-refractivity contribution in [3.8, 4) is 11.5 Å². The molecule has 0 saturated heterocycles. The van der Waals surface area contributed by atoms with Crippen molar-refractivity contribution in [1.29, 1.82) is 0 Å². The molecule has 0 radical (unpaired) electrons. The first-order chi connectivity index (χ1) is 11.0. The Morgan fingerprint density at radius 2 is 2.12 bits per heavy atom. The van der Waals surface area contributed by atoms with Crippen LogP contribution in [-0.4, -0.2) is 37.1 Å². The number of halogens is 1. The van der Waals surface area contributed by atoms with Crippen LogP contribution in [0.25, 0.3) is 0 Å². The molecule has 0 aromatic heterocycles. The summed E-state index contributed by atoms with van der Waals surface area (Å²) in [7, 11) is 1.39. The van der Waals surface area contributed by atoms with Crippen molar-refractivity contribution >= 4 is 24.0 Å². The minimum atomic E-state index is -0.609. The molecule has 24 heavy (non-hydrogen) atoms. The number of carbonyl (C=O) groups is 1. The molecule has 1 aliphatic rings. The lowest BCUT2D eigenvalue weighted by atomic mass is 10.1. The third kappa shape index (κ3) is 4.48. The van der Waals surface area contributed by atoms with Gasteiger partial charge in [0, 0.05) is 18.7 Å². The summed E-state index contributed by atoms with van der Waals surface area (Å²) in [5, 5.41) is 14.1. The molecule has 1 saturated carbocycles. The van der Waals surface area contributed by atoms with Crippen molar-refractivity contribution in [3.05, 3.63) is 27.8 Å².